The Balaban J connectivity index is 1.55. The Hall–Kier alpha value is -2.45. The van der Waals surface area contributed by atoms with Gasteiger partial charge in [-0.2, -0.15) is 0 Å². The van der Waals surface area contributed by atoms with Crippen LogP contribution < -0.4 is 4.90 Å². The molecule has 0 radical (unpaired) electrons. The van der Waals surface area contributed by atoms with E-state index in [9.17, 15) is 17.6 Å². The van der Waals surface area contributed by atoms with Crippen LogP contribution in [-0.2, 0) is 14.6 Å². The Kier molecular flexibility index (Phi) is 5.08. The number of ether oxygens (including phenoxy) is 1. The Morgan fingerprint density at radius 3 is 2.34 bits per heavy atom. The van der Waals surface area contributed by atoms with E-state index >= 15 is 0 Å². The third kappa shape index (κ3) is 3.62. The van der Waals surface area contributed by atoms with Crippen molar-refractivity contribution in [1.29, 1.82) is 0 Å². The van der Waals surface area contributed by atoms with Gasteiger partial charge >= 0.3 is 6.09 Å². The zero-order valence-electron chi connectivity index (χ0n) is 16.3. The van der Waals surface area contributed by atoms with Crippen molar-refractivity contribution in [3.05, 3.63) is 48.3 Å². The molecule has 2 aromatic carbocycles. The molecular formula is C21H23FN2O4S. The molecule has 2 aromatic rings. The predicted molar refractivity (Wildman–Crippen MR) is 108 cm³/mol. The second kappa shape index (κ2) is 7.42. The van der Waals surface area contributed by atoms with Gasteiger partial charge in [0.1, 0.15) is 11.9 Å². The van der Waals surface area contributed by atoms with Crippen LogP contribution in [0.5, 0.6) is 0 Å². The van der Waals surface area contributed by atoms with Crippen molar-refractivity contribution in [1.82, 2.24) is 4.90 Å². The van der Waals surface area contributed by atoms with E-state index < -0.39 is 21.7 Å². The molecule has 0 bridgehead atoms. The molecule has 0 unspecified atom stereocenters. The molecule has 1 amide bonds. The maximum atomic E-state index is 14.8. The molecule has 2 aliphatic heterocycles. The summed E-state index contributed by atoms with van der Waals surface area (Å²) in [5.74, 6) is -0.480. The van der Waals surface area contributed by atoms with Crippen molar-refractivity contribution in [2.45, 2.75) is 29.6 Å². The minimum absolute atomic E-state index is 0.185. The van der Waals surface area contributed by atoms with Crippen LogP contribution in [0, 0.1) is 5.82 Å². The summed E-state index contributed by atoms with van der Waals surface area (Å²) in [6, 6.07) is 10.9. The summed E-state index contributed by atoms with van der Waals surface area (Å²) in [5.41, 5.74) is 1.37. The van der Waals surface area contributed by atoms with E-state index in [1.165, 1.54) is 23.1 Å². The van der Waals surface area contributed by atoms with E-state index in [1.807, 2.05) is 18.9 Å². The number of carbonyl (C=O) groups is 1. The van der Waals surface area contributed by atoms with Gasteiger partial charge in [0.2, 0.25) is 0 Å². The molecule has 0 spiro atoms. The number of amides is 1. The molecule has 0 N–H and O–H groups in total. The second-order valence-corrected chi connectivity index (χ2v) is 9.83. The predicted octanol–water partition coefficient (Wildman–Crippen LogP) is 3.32. The Morgan fingerprint density at radius 1 is 1.10 bits per heavy atom. The smallest absolute Gasteiger partial charge is 0.414 e. The van der Waals surface area contributed by atoms with Gasteiger partial charge < -0.3 is 9.64 Å². The first kappa shape index (κ1) is 19.8. The van der Waals surface area contributed by atoms with Crippen molar-refractivity contribution < 1.29 is 22.3 Å². The summed E-state index contributed by atoms with van der Waals surface area (Å²) < 4.78 is 45.2. The highest BCUT2D eigenvalue weighted by Crippen LogP contribution is 2.31. The van der Waals surface area contributed by atoms with Gasteiger partial charge in [0, 0.05) is 18.7 Å². The summed E-state index contributed by atoms with van der Waals surface area (Å²) in [6.45, 7) is 3.38. The molecule has 0 saturated carbocycles. The standard InChI is InChI=1S/C21H23FN2O4S/c1-3-16-11-24(21(25)28-16)15-6-9-19(20(22)10-15)14-4-7-17(8-5-14)29(26,27)18-12-23(2)13-18/h4-10,16,18H,3,11-13H2,1-2H3/t16-/m0/s1. The number of cyclic esters (lactones) is 1. The van der Waals surface area contributed by atoms with E-state index in [-0.39, 0.29) is 16.2 Å². The topological polar surface area (TPSA) is 66.9 Å². The number of sulfone groups is 1. The number of benzene rings is 2. The molecule has 4 rings (SSSR count). The summed E-state index contributed by atoms with van der Waals surface area (Å²) >= 11 is 0. The number of anilines is 1. The van der Waals surface area contributed by atoms with Crippen molar-refractivity contribution in [3.8, 4) is 11.1 Å². The summed E-state index contributed by atoms with van der Waals surface area (Å²) in [4.78, 5) is 15.6. The average Bonchev–Trinajstić information content (AvgIpc) is 3.06. The normalized spacial score (nSPS) is 20.6. The Bertz CT molecular complexity index is 1030. The quantitative estimate of drug-likeness (QED) is 0.745. The fraction of sp³-hybridized carbons (Fsp3) is 0.381. The number of halogens is 1. The lowest BCUT2D eigenvalue weighted by molar-refractivity contribution is 0.139. The minimum atomic E-state index is -3.37. The van der Waals surface area contributed by atoms with E-state index in [4.69, 9.17) is 4.74 Å². The maximum Gasteiger partial charge on any atom is 0.414 e. The number of nitrogens with zero attached hydrogens (tertiary/aromatic N) is 2. The van der Waals surface area contributed by atoms with Crippen molar-refractivity contribution in [2.24, 2.45) is 0 Å². The molecular weight excluding hydrogens is 395 g/mol. The van der Waals surface area contributed by atoms with Crippen LogP contribution in [0.2, 0.25) is 0 Å². The molecule has 154 valence electrons. The number of carbonyl (C=O) groups excluding carboxylic acids is 1. The zero-order valence-corrected chi connectivity index (χ0v) is 17.2. The number of rotatable bonds is 5. The maximum absolute atomic E-state index is 14.8. The molecule has 2 heterocycles. The molecule has 2 fully saturated rings. The van der Waals surface area contributed by atoms with Gasteiger partial charge in [-0.25, -0.2) is 17.6 Å². The van der Waals surface area contributed by atoms with Crippen molar-refractivity contribution >= 4 is 21.6 Å². The Morgan fingerprint density at radius 2 is 1.79 bits per heavy atom. The fourth-order valence-corrected chi connectivity index (χ4v) is 5.51. The largest absolute Gasteiger partial charge is 0.444 e. The molecule has 2 aliphatic rings. The highest BCUT2D eigenvalue weighted by molar-refractivity contribution is 7.92. The van der Waals surface area contributed by atoms with Crippen LogP contribution in [0.3, 0.4) is 0 Å². The van der Waals surface area contributed by atoms with Gasteiger partial charge in [-0.1, -0.05) is 19.1 Å². The Labute approximate surface area is 169 Å². The SMILES string of the molecule is CC[C@H]1CN(c2ccc(-c3ccc(S(=O)(=O)C4CN(C)C4)cc3)c(F)c2)C(=O)O1. The molecule has 2 saturated heterocycles. The first-order valence-electron chi connectivity index (χ1n) is 9.60. The molecule has 6 nitrogen and oxygen atoms in total. The van der Waals surface area contributed by atoms with Crippen LogP contribution in [0.4, 0.5) is 14.9 Å². The van der Waals surface area contributed by atoms with Crippen LogP contribution in [0.15, 0.2) is 47.4 Å². The van der Waals surface area contributed by atoms with Gasteiger partial charge in [0.15, 0.2) is 9.84 Å². The summed E-state index contributed by atoms with van der Waals surface area (Å²) in [6.07, 6.45) is 0.0465. The average molecular weight is 418 g/mol. The van der Waals surface area contributed by atoms with E-state index in [1.54, 1.807) is 24.3 Å². The van der Waals surface area contributed by atoms with Gasteiger partial charge in [-0.3, -0.25) is 4.90 Å². The second-order valence-electron chi connectivity index (χ2n) is 7.60. The highest BCUT2D eigenvalue weighted by Gasteiger charge is 2.36. The summed E-state index contributed by atoms with van der Waals surface area (Å²) in [7, 11) is -1.49. The van der Waals surface area contributed by atoms with E-state index in [0.717, 1.165) is 0 Å². The third-order valence-electron chi connectivity index (χ3n) is 5.56. The van der Waals surface area contributed by atoms with Gasteiger partial charge in [-0.05, 0) is 49.4 Å². The molecule has 0 aromatic heterocycles. The van der Waals surface area contributed by atoms with Crippen LogP contribution in [-0.4, -0.2) is 57.4 Å². The highest BCUT2D eigenvalue weighted by atomic mass is 32.2. The molecule has 0 aliphatic carbocycles. The molecule has 29 heavy (non-hydrogen) atoms. The van der Waals surface area contributed by atoms with Crippen LogP contribution >= 0.6 is 0 Å². The summed E-state index contributed by atoms with van der Waals surface area (Å²) in [5, 5.41) is -0.387. The van der Waals surface area contributed by atoms with E-state index in [2.05, 4.69) is 0 Å². The van der Waals surface area contributed by atoms with Gasteiger partial charge in [0.05, 0.1) is 22.4 Å². The fourth-order valence-electron chi connectivity index (χ4n) is 3.71. The number of hydrogen-bond donors (Lipinski definition) is 0. The minimum Gasteiger partial charge on any atom is -0.444 e. The monoisotopic (exact) mass is 418 g/mol. The molecule has 1 atom stereocenters. The third-order valence-corrected chi connectivity index (χ3v) is 7.66. The van der Waals surface area contributed by atoms with Gasteiger partial charge in [-0.15, -0.1) is 0 Å². The number of hydrogen-bond acceptors (Lipinski definition) is 5. The van der Waals surface area contributed by atoms with Crippen molar-refractivity contribution in [3.63, 3.8) is 0 Å². The lowest BCUT2D eigenvalue weighted by Crippen LogP contribution is -2.52. The number of likely N-dealkylation sites (tertiary alicyclic amines) is 1. The first-order valence-corrected chi connectivity index (χ1v) is 11.1. The van der Waals surface area contributed by atoms with Crippen LogP contribution in [0.25, 0.3) is 11.1 Å². The van der Waals surface area contributed by atoms with Crippen LogP contribution in [0.1, 0.15) is 13.3 Å². The first-order chi connectivity index (χ1) is 13.8. The zero-order chi connectivity index (χ0) is 20.8. The molecule has 8 heteroatoms. The lowest BCUT2D eigenvalue weighted by Gasteiger charge is -2.35. The van der Waals surface area contributed by atoms with E-state index in [0.29, 0.717) is 42.9 Å². The van der Waals surface area contributed by atoms with Crippen molar-refractivity contribution in [2.75, 3.05) is 31.6 Å². The van der Waals surface area contributed by atoms with Gasteiger partial charge in [0.25, 0.3) is 0 Å². The lowest BCUT2D eigenvalue weighted by atomic mass is 10.0.